The third-order valence-corrected chi connectivity index (χ3v) is 2.47. The van der Waals surface area contributed by atoms with Gasteiger partial charge in [-0.25, -0.2) is 0 Å². The number of likely N-dealkylation sites (N-methyl/N-ethyl adjacent to an activating group) is 1. The smallest absolute Gasteiger partial charge is 0.169 e. The highest BCUT2D eigenvalue weighted by Crippen LogP contribution is 2.37. The van der Waals surface area contributed by atoms with Crippen LogP contribution >= 0.6 is 7.60 Å². The lowest BCUT2D eigenvalue weighted by atomic mass is 10.5. The number of quaternary nitrogens is 1. The van der Waals surface area contributed by atoms with Gasteiger partial charge in [-0.15, -0.1) is 0 Å². The fourth-order valence-corrected chi connectivity index (χ4v) is 1.94. The Morgan fingerprint density at radius 1 is 1.54 bits per heavy atom. The molecular weight excluding hydrogens is 193 g/mol. The fraction of sp³-hybridized carbons (Fsp3) is 1.00. The first-order chi connectivity index (χ1) is 5.67. The third-order valence-electron chi connectivity index (χ3n) is 1.43. The summed E-state index contributed by atoms with van der Waals surface area (Å²) in [7, 11) is 1.13. The third kappa shape index (κ3) is 6.18. The van der Waals surface area contributed by atoms with Crippen LogP contribution < -0.4 is 4.89 Å². The molecule has 0 fully saturated rings. The molecule has 0 aliphatic heterocycles. The van der Waals surface area contributed by atoms with Crippen molar-refractivity contribution >= 4 is 7.60 Å². The molecule has 6 heteroatoms. The molecule has 13 heavy (non-hydrogen) atoms. The number of ether oxygens (including phenoxy) is 1. The molecule has 2 atom stereocenters. The summed E-state index contributed by atoms with van der Waals surface area (Å²) in [5, 5.41) is 0. The molecule has 5 nitrogen and oxygen atoms in total. The van der Waals surface area contributed by atoms with E-state index in [1.165, 1.54) is 0 Å². The number of rotatable bonds is 5. The Morgan fingerprint density at radius 2 is 2.00 bits per heavy atom. The Labute approximate surface area is 79.1 Å². The first-order valence-electron chi connectivity index (χ1n) is 4.12. The van der Waals surface area contributed by atoms with Crippen LogP contribution in [0.3, 0.4) is 0 Å². The molecule has 2 unspecified atom stereocenters. The summed E-state index contributed by atoms with van der Waals surface area (Å²) in [5.74, 6) is -1.10. The molecule has 0 spiro atoms. The minimum atomic E-state index is -4.38. The number of hydrogen-bond donors (Lipinski definition) is 1. The lowest BCUT2D eigenvalue weighted by molar-refractivity contribution is -0.872. The molecule has 0 aliphatic rings. The van der Waals surface area contributed by atoms with Gasteiger partial charge in [-0.3, -0.25) is 0 Å². The van der Waals surface area contributed by atoms with E-state index < -0.39 is 13.4 Å². The topological polar surface area (TPSA) is 69.6 Å². The number of nitrogens with zero attached hydrogens (tertiary/aromatic N) is 1. The van der Waals surface area contributed by atoms with Crippen LogP contribution in [0.1, 0.15) is 6.92 Å². The van der Waals surface area contributed by atoms with Crippen LogP contribution in [0.15, 0.2) is 0 Å². The summed E-state index contributed by atoms with van der Waals surface area (Å²) in [6, 6.07) is 0. The summed E-state index contributed by atoms with van der Waals surface area (Å²) in [6.45, 7) is 2.21. The van der Waals surface area contributed by atoms with Gasteiger partial charge in [0.05, 0.1) is 21.1 Å². The Morgan fingerprint density at radius 3 is 2.23 bits per heavy atom. The summed E-state index contributed by atoms with van der Waals surface area (Å²) < 4.78 is 16.2. The molecule has 0 saturated carbocycles. The van der Waals surface area contributed by atoms with Gasteiger partial charge in [0.2, 0.25) is 0 Å². The fourth-order valence-electron chi connectivity index (χ4n) is 0.911. The molecule has 0 aromatic heterocycles. The largest absolute Gasteiger partial charge is 0.777 e. The Hall–Kier alpha value is 0.0700. The van der Waals surface area contributed by atoms with Crippen molar-refractivity contribution in [1.29, 1.82) is 0 Å². The monoisotopic (exact) mass is 211 g/mol. The second-order valence-corrected chi connectivity index (χ2v) is 5.65. The Bertz CT molecular complexity index is 195. The van der Waals surface area contributed by atoms with E-state index in [1.54, 1.807) is 6.92 Å². The van der Waals surface area contributed by atoms with E-state index in [4.69, 9.17) is 9.63 Å². The molecule has 0 aromatic carbocycles. The minimum absolute atomic E-state index is 0.241. The molecule has 0 radical (unpaired) electrons. The first kappa shape index (κ1) is 13.1. The molecule has 0 rings (SSSR count). The SMILES string of the molecule is CCOC(C[N+](C)(C)C)P(=O)([O-])O. The van der Waals surface area contributed by atoms with Crippen LogP contribution in [-0.2, 0) is 9.30 Å². The summed E-state index contributed by atoms with van der Waals surface area (Å²) >= 11 is 0. The van der Waals surface area contributed by atoms with Crippen LogP contribution in [0, 0.1) is 0 Å². The zero-order valence-electron chi connectivity index (χ0n) is 8.56. The molecule has 0 amide bonds. The van der Waals surface area contributed by atoms with Crippen LogP contribution in [0.25, 0.3) is 0 Å². The molecule has 0 saturated heterocycles. The van der Waals surface area contributed by atoms with Crippen molar-refractivity contribution in [2.45, 2.75) is 12.8 Å². The molecule has 1 N–H and O–H groups in total. The highest BCUT2D eigenvalue weighted by Gasteiger charge is 2.26. The van der Waals surface area contributed by atoms with Gasteiger partial charge < -0.3 is 23.6 Å². The summed E-state index contributed by atoms with van der Waals surface area (Å²) in [6.07, 6.45) is 0. The van der Waals surface area contributed by atoms with Crippen molar-refractivity contribution in [3.8, 4) is 0 Å². The quantitative estimate of drug-likeness (QED) is 0.496. The van der Waals surface area contributed by atoms with Crippen molar-refractivity contribution in [3.05, 3.63) is 0 Å². The minimum Gasteiger partial charge on any atom is -0.777 e. The van der Waals surface area contributed by atoms with Crippen molar-refractivity contribution in [2.24, 2.45) is 0 Å². The molecule has 0 bridgehead atoms. The van der Waals surface area contributed by atoms with Gasteiger partial charge in [0, 0.05) is 6.61 Å². The lowest BCUT2D eigenvalue weighted by Crippen LogP contribution is -2.43. The van der Waals surface area contributed by atoms with E-state index in [0.29, 0.717) is 4.48 Å². The Balaban J connectivity index is 4.37. The van der Waals surface area contributed by atoms with E-state index in [9.17, 15) is 9.46 Å². The normalized spacial score (nSPS) is 19.5. The maximum absolute atomic E-state index is 10.8. The molecule has 0 heterocycles. The average Bonchev–Trinajstić information content (AvgIpc) is 1.81. The van der Waals surface area contributed by atoms with Gasteiger partial charge in [0.25, 0.3) is 0 Å². The van der Waals surface area contributed by atoms with Crippen LogP contribution in [0.4, 0.5) is 0 Å². The van der Waals surface area contributed by atoms with Crippen LogP contribution in [0.5, 0.6) is 0 Å². The average molecular weight is 211 g/mol. The lowest BCUT2D eigenvalue weighted by Gasteiger charge is -2.33. The van der Waals surface area contributed by atoms with Gasteiger partial charge in [0.1, 0.15) is 6.54 Å². The second kappa shape index (κ2) is 4.53. The molecule has 0 aliphatic carbocycles. The second-order valence-electron chi connectivity index (χ2n) is 3.95. The van der Waals surface area contributed by atoms with Crippen molar-refractivity contribution in [3.63, 3.8) is 0 Å². The van der Waals surface area contributed by atoms with E-state index in [0.717, 1.165) is 0 Å². The van der Waals surface area contributed by atoms with Crippen molar-refractivity contribution in [1.82, 2.24) is 0 Å². The van der Waals surface area contributed by atoms with Gasteiger partial charge >= 0.3 is 0 Å². The maximum Gasteiger partial charge on any atom is 0.169 e. The molecular formula is C7H18NO4P. The maximum atomic E-state index is 10.8. The van der Waals surface area contributed by atoms with Crippen LogP contribution in [0.2, 0.25) is 0 Å². The van der Waals surface area contributed by atoms with Crippen molar-refractivity contribution in [2.75, 3.05) is 34.3 Å². The summed E-state index contributed by atoms with van der Waals surface area (Å²) in [5.41, 5.74) is 0. The standard InChI is InChI=1S/C7H18NO4P/c1-5-12-7(13(9,10)11)6-8(2,3)4/h7H,5-6H2,1-4H3,(H-,9,10,11). The van der Waals surface area contributed by atoms with E-state index in [1.807, 2.05) is 21.1 Å². The van der Waals surface area contributed by atoms with E-state index in [2.05, 4.69) is 0 Å². The van der Waals surface area contributed by atoms with Gasteiger partial charge in [-0.2, -0.15) is 0 Å². The first-order valence-corrected chi connectivity index (χ1v) is 5.77. The van der Waals surface area contributed by atoms with E-state index >= 15 is 0 Å². The highest BCUT2D eigenvalue weighted by molar-refractivity contribution is 7.50. The zero-order chi connectivity index (χ0) is 10.7. The van der Waals surface area contributed by atoms with Gasteiger partial charge in [0.15, 0.2) is 13.4 Å². The number of hydrogen-bond acceptors (Lipinski definition) is 3. The van der Waals surface area contributed by atoms with Crippen LogP contribution in [-0.4, -0.2) is 49.5 Å². The highest BCUT2D eigenvalue weighted by atomic mass is 31.2. The van der Waals surface area contributed by atoms with E-state index in [-0.39, 0.29) is 13.2 Å². The molecule has 0 aromatic rings. The van der Waals surface area contributed by atoms with Crippen molar-refractivity contribution < 1.29 is 23.6 Å². The zero-order valence-corrected chi connectivity index (χ0v) is 9.45. The van der Waals surface area contributed by atoms with Gasteiger partial charge in [-0.05, 0) is 6.92 Å². The molecule has 80 valence electrons. The Kier molecular flexibility index (Phi) is 4.55. The predicted molar refractivity (Wildman–Crippen MR) is 48.1 cm³/mol. The summed E-state index contributed by atoms with van der Waals surface area (Å²) in [4.78, 5) is 19.7. The van der Waals surface area contributed by atoms with Gasteiger partial charge in [-0.1, -0.05) is 0 Å². The predicted octanol–water partition coefficient (Wildman–Crippen LogP) is -0.399.